The van der Waals surface area contributed by atoms with Crippen LogP contribution in [-0.4, -0.2) is 39.3 Å². The standard InChI is InChI=1S/C17H28N2O/c1-17(2,3)15-7-4-5-8-16(15)20-14-6-11-19-12-9-18-10-13-19/h4-5,7-8,18H,6,9-14H2,1-3H3/p+2. The lowest BCUT2D eigenvalue weighted by Gasteiger charge is -2.24. The molecule has 2 rings (SSSR count). The SMILES string of the molecule is CC(C)(C)c1ccccc1OCCC[NH+]1CC[NH2+]CC1. The first-order valence-corrected chi connectivity index (χ1v) is 7.95. The Labute approximate surface area is 123 Å². The van der Waals surface area contributed by atoms with E-state index in [0.717, 1.165) is 18.8 Å². The average Bonchev–Trinajstić information content (AvgIpc) is 2.44. The van der Waals surface area contributed by atoms with E-state index in [4.69, 9.17) is 4.74 Å². The van der Waals surface area contributed by atoms with Crippen LogP contribution in [-0.2, 0) is 5.41 Å². The molecule has 1 fully saturated rings. The maximum atomic E-state index is 6.03. The highest BCUT2D eigenvalue weighted by molar-refractivity contribution is 5.38. The Hall–Kier alpha value is -1.06. The molecule has 0 radical (unpaired) electrons. The summed E-state index contributed by atoms with van der Waals surface area (Å²) in [4.78, 5) is 1.74. The van der Waals surface area contributed by atoms with Crippen LogP contribution < -0.4 is 15.0 Å². The molecule has 1 aliphatic heterocycles. The van der Waals surface area contributed by atoms with E-state index >= 15 is 0 Å². The summed E-state index contributed by atoms with van der Waals surface area (Å²) < 4.78 is 6.03. The van der Waals surface area contributed by atoms with Gasteiger partial charge >= 0.3 is 0 Å². The number of nitrogens with one attached hydrogen (secondary N) is 1. The third-order valence-electron chi connectivity index (χ3n) is 4.03. The second-order valence-electron chi connectivity index (χ2n) is 6.81. The van der Waals surface area contributed by atoms with Crippen LogP contribution in [0.2, 0.25) is 0 Å². The Balaban J connectivity index is 1.79. The number of piperazine rings is 1. The summed E-state index contributed by atoms with van der Waals surface area (Å²) in [5, 5.41) is 2.42. The number of rotatable bonds is 5. The van der Waals surface area contributed by atoms with E-state index in [-0.39, 0.29) is 5.41 Å². The molecule has 1 aromatic rings. The van der Waals surface area contributed by atoms with Crippen molar-refractivity contribution in [3.8, 4) is 5.75 Å². The third-order valence-corrected chi connectivity index (χ3v) is 4.03. The molecule has 0 spiro atoms. The van der Waals surface area contributed by atoms with Gasteiger partial charge in [-0.2, -0.15) is 0 Å². The zero-order valence-corrected chi connectivity index (χ0v) is 13.2. The molecule has 112 valence electrons. The van der Waals surface area contributed by atoms with Gasteiger partial charge in [-0.1, -0.05) is 39.0 Å². The molecule has 1 saturated heterocycles. The van der Waals surface area contributed by atoms with E-state index < -0.39 is 0 Å². The Morgan fingerprint density at radius 2 is 1.85 bits per heavy atom. The van der Waals surface area contributed by atoms with Crippen molar-refractivity contribution in [1.82, 2.24) is 0 Å². The molecule has 3 heteroatoms. The van der Waals surface area contributed by atoms with Crippen molar-refractivity contribution in [3.63, 3.8) is 0 Å². The monoisotopic (exact) mass is 278 g/mol. The van der Waals surface area contributed by atoms with Crippen molar-refractivity contribution in [1.29, 1.82) is 0 Å². The predicted molar refractivity (Wildman–Crippen MR) is 82.5 cm³/mol. The van der Waals surface area contributed by atoms with Gasteiger partial charge in [0.1, 0.15) is 31.9 Å². The summed E-state index contributed by atoms with van der Waals surface area (Å²) in [5.41, 5.74) is 1.45. The van der Waals surface area contributed by atoms with E-state index in [1.807, 2.05) is 0 Å². The van der Waals surface area contributed by atoms with Gasteiger partial charge in [0.25, 0.3) is 0 Å². The van der Waals surface area contributed by atoms with Crippen molar-refractivity contribution in [2.75, 3.05) is 39.3 Å². The summed E-state index contributed by atoms with van der Waals surface area (Å²) in [6, 6.07) is 8.45. The summed E-state index contributed by atoms with van der Waals surface area (Å²) in [6.45, 7) is 14.0. The minimum atomic E-state index is 0.143. The quantitative estimate of drug-likeness (QED) is 0.741. The number of hydrogen-bond donors (Lipinski definition) is 2. The molecule has 20 heavy (non-hydrogen) atoms. The number of benzene rings is 1. The summed E-state index contributed by atoms with van der Waals surface area (Å²) in [6.07, 6.45) is 1.15. The highest BCUT2D eigenvalue weighted by Gasteiger charge is 2.18. The fourth-order valence-electron chi connectivity index (χ4n) is 2.85. The Morgan fingerprint density at radius 3 is 2.55 bits per heavy atom. The van der Waals surface area contributed by atoms with Crippen LogP contribution in [0.3, 0.4) is 0 Å². The lowest BCUT2D eigenvalue weighted by atomic mass is 9.86. The highest BCUT2D eigenvalue weighted by Crippen LogP contribution is 2.30. The number of hydrogen-bond acceptors (Lipinski definition) is 1. The van der Waals surface area contributed by atoms with Gasteiger partial charge in [0.05, 0.1) is 13.2 Å². The van der Waals surface area contributed by atoms with Gasteiger partial charge in [0.15, 0.2) is 0 Å². The first-order chi connectivity index (χ1) is 9.57. The first kappa shape index (κ1) is 15.3. The van der Waals surface area contributed by atoms with Crippen molar-refractivity contribution < 1.29 is 15.0 Å². The van der Waals surface area contributed by atoms with Gasteiger partial charge in [-0.25, -0.2) is 0 Å². The fraction of sp³-hybridized carbons (Fsp3) is 0.647. The number of quaternary nitrogens is 2. The molecule has 0 aromatic heterocycles. The minimum absolute atomic E-state index is 0.143. The largest absolute Gasteiger partial charge is 0.493 e. The number of ether oxygens (including phenoxy) is 1. The van der Waals surface area contributed by atoms with Crippen molar-refractivity contribution >= 4 is 0 Å². The molecular weight excluding hydrogens is 248 g/mol. The van der Waals surface area contributed by atoms with Crippen LogP contribution in [0.1, 0.15) is 32.8 Å². The van der Waals surface area contributed by atoms with Gasteiger partial charge in [-0.05, 0) is 17.0 Å². The van der Waals surface area contributed by atoms with E-state index in [2.05, 4.69) is 50.4 Å². The molecule has 1 heterocycles. The highest BCUT2D eigenvalue weighted by atomic mass is 16.5. The van der Waals surface area contributed by atoms with Crippen molar-refractivity contribution in [3.05, 3.63) is 29.8 Å². The minimum Gasteiger partial charge on any atom is -0.493 e. The van der Waals surface area contributed by atoms with E-state index in [1.165, 1.54) is 38.3 Å². The molecule has 0 amide bonds. The third kappa shape index (κ3) is 4.50. The van der Waals surface area contributed by atoms with Crippen LogP contribution in [0.4, 0.5) is 0 Å². The lowest BCUT2D eigenvalue weighted by Crippen LogP contribution is -3.20. The smallest absolute Gasteiger partial charge is 0.127 e. The second-order valence-corrected chi connectivity index (χ2v) is 6.81. The molecule has 0 saturated carbocycles. The van der Waals surface area contributed by atoms with E-state index in [1.54, 1.807) is 4.90 Å². The lowest BCUT2D eigenvalue weighted by molar-refractivity contribution is -0.946. The molecule has 0 aliphatic carbocycles. The van der Waals surface area contributed by atoms with Crippen LogP contribution in [0, 0.1) is 0 Å². The topological polar surface area (TPSA) is 30.3 Å². The molecule has 3 N–H and O–H groups in total. The van der Waals surface area contributed by atoms with Gasteiger partial charge in [-0.15, -0.1) is 0 Å². The molecule has 0 atom stereocenters. The fourth-order valence-corrected chi connectivity index (χ4v) is 2.85. The van der Waals surface area contributed by atoms with Gasteiger partial charge in [-0.3, -0.25) is 0 Å². The number of nitrogens with two attached hydrogens (primary N) is 1. The molecule has 1 aliphatic rings. The second kappa shape index (κ2) is 7.09. The maximum absolute atomic E-state index is 6.03. The van der Waals surface area contributed by atoms with E-state index in [9.17, 15) is 0 Å². The van der Waals surface area contributed by atoms with Crippen LogP contribution in [0.15, 0.2) is 24.3 Å². The predicted octanol–water partition coefficient (Wildman–Crippen LogP) is 0.215. The zero-order valence-electron chi connectivity index (χ0n) is 13.2. The molecule has 0 bridgehead atoms. The normalized spacial score (nSPS) is 17.1. The zero-order chi connectivity index (χ0) is 14.4. The van der Waals surface area contributed by atoms with Gasteiger partial charge < -0.3 is 15.0 Å². The summed E-state index contributed by atoms with van der Waals surface area (Å²) in [5.74, 6) is 1.06. The van der Waals surface area contributed by atoms with Gasteiger partial charge in [0.2, 0.25) is 0 Å². The maximum Gasteiger partial charge on any atom is 0.127 e. The number of para-hydroxylation sites is 1. The van der Waals surface area contributed by atoms with Crippen LogP contribution >= 0.6 is 0 Å². The van der Waals surface area contributed by atoms with Crippen LogP contribution in [0.25, 0.3) is 0 Å². The summed E-state index contributed by atoms with van der Waals surface area (Å²) in [7, 11) is 0. The van der Waals surface area contributed by atoms with Crippen LogP contribution in [0.5, 0.6) is 5.75 Å². The van der Waals surface area contributed by atoms with E-state index in [0.29, 0.717) is 0 Å². The molecule has 0 unspecified atom stereocenters. The Bertz CT molecular complexity index is 406. The molecule has 3 nitrogen and oxygen atoms in total. The Morgan fingerprint density at radius 1 is 1.15 bits per heavy atom. The Kier molecular flexibility index (Phi) is 5.44. The van der Waals surface area contributed by atoms with Gasteiger partial charge in [0, 0.05) is 6.42 Å². The molecule has 1 aromatic carbocycles. The summed E-state index contributed by atoms with van der Waals surface area (Å²) >= 11 is 0. The first-order valence-electron chi connectivity index (χ1n) is 7.95. The molecular formula is C17H30N2O+2. The van der Waals surface area contributed by atoms with Crippen molar-refractivity contribution in [2.45, 2.75) is 32.6 Å². The van der Waals surface area contributed by atoms with Crippen molar-refractivity contribution in [2.24, 2.45) is 0 Å². The average molecular weight is 278 g/mol.